The maximum absolute atomic E-state index is 11.4. The Kier molecular flexibility index (Phi) is 5.90. The monoisotopic (exact) mass is 289 g/mol. The minimum absolute atomic E-state index is 0.0297. The van der Waals surface area contributed by atoms with E-state index in [1.54, 1.807) is 0 Å². The molecule has 0 aromatic heterocycles. The molecule has 0 saturated heterocycles. The third-order valence-corrected chi connectivity index (χ3v) is 4.18. The minimum atomic E-state index is -0.192. The molecule has 0 radical (unpaired) electrons. The van der Waals surface area contributed by atoms with Crippen LogP contribution >= 0.6 is 0 Å². The normalized spacial score (nSPS) is 21.8. The molecule has 4 nitrogen and oxygen atoms in total. The van der Waals surface area contributed by atoms with E-state index in [-0.39, 0.29) is 12.0 Å². The summed E-state index contributed by atoms with van der Waals surface area (Å²) in [6.45, 7) is 2.22. The van der Waals surface area contributed by atoms with E-state index in [2.05, 4.69) is 5.18 Å². The first kappa shape index (κ1) is 15.7. The lowest BCUT2D eigenvalue weighted by atomic mass is 9.81. The summed E-state index contributed by atoms with van der Waals surface area (Å²) < 4.78 is 4.94. The Bertz CT molecular complexity index is 469. The van der Waals surface area contributed by atoms with Crippen molar-refractivity contribution in [2.45, 2.75) is 51.5 Å². The van der Waals surface area contributed by atoms with Gasteiger partial charge in [0.15, 0.2) is 0 Å². The molecular weight excluding hydrogens is 266 g/mol. The standard InChI is InChI=1S/C17H23NO3/c1-2-21-17(19)12-14-9-7-13(8-10-14)11-15-5-3-4-6-16(15)18-20/h7-10,15-16H,2-6,11-12H2,1H3. The average molecular weight is 289 g/mol. The molecule has 2 unspecified atom stereocenters. The number of ether oxygens (including phenoxy) is 1. The average Bonchev–Trinajstić information content (AvgIpc) is 2.50. The van der Waals surface area contributed by atoms with E-state index >= 15 is 0 Å². The number of nitrogens with zero attached hydrogens (tertiary/aromatic N) is 1. The number of carbonyl (C=O) groups is 1. The van der Waals surface area contributed by atoms with Gasteiger partial charge >= 0.3 is 5.97 Å². The van der Waals surface area contributed by atoms with Crippen molar-refractivity contribution in [2.75, 3.05) is 6.61 Å². The number of benzene rings is 1. The Balaban J connectivity index is 1.92. The fraction of sp³-hybridized carbons (Fsp3) is 0.588. The molecule has 0 heterocycles. The third-order valence-electron chi connectivity index (χ3n) is 4.18. The van der Waals surface area contributed by atoms with Gasteiger partial charge in [0.2, 0.25) is 0 Å². The second-order valence-corrected chi connectivity index (χ2v) is 5.72. The molecule has 0 N–H and O–H groups in total. The fourth-order valence-electron chi connectivity index (χ4n) is 3.04. The molecule has 0 bridgehead atoms. The molecule has 1 aromatic carbocycles. The zero-order chi connectivity index (χ0) is 15.1. The van der Waals surface area contributed by atoms with Crippen LogP contribution < -0.4 is 0 Å². The first-order valence-corrected chi connectivity index (χ1v) is 7.78. The highest BCUT2D eigenvalue weighted by Gasteiger charge is 2.25. The first-order chi connectivity index (χ1) is 10.2. The summed E-state index contributed by atoms with van der Waals surface area (Å²) in [6, 6.07) is 8.00. The van der Waals surface area contributed by atoms with Crippen molar-refractivity contribution in [3.63, 3.8) is 0 Å². The van der Waals surface area contributed by atoms with E-state index in [1.165, 1.54) is 12.0 Å². The minimum Gasteiger partial charge on any atom is -0.466 e. The second-order valence-electron chi connectivity index (χ2n) is 5.72. The Hall–Kier alpha value is -1.71. The second kappa shape index (κ2) is 7.91. The van der Waals surface area contributed by atoms with Gasteiger partial charge in [0.25, 0.3) is 0 Å². The van der Waals surface area contributed by atoms with Gasteiger partial charge in [0, 0.05) is 0 Å². The molecular formula is C17H23NO3. The topological polar surface area (TPSA) is 55.7 Å². The zero-order valence-corrected chi connectivity index (χ0v) is 12.6. The van der Waals surface area contributed by atoms with Crippen LogP contribution in [0.4, 0.5) is 0 Å². The van der Waals surface area contributed by atoms with E-state index < -0.39 is 0 Å². The van der Waals surface area contributed by atoms with Crippen molar-refractivity contribution in [1.82, 2.24) is 0 Å². The van der Waals surface area contributed by atoms with Crippen molar-refractivity contribution in [2.24, 2.45) is 11.1 Å². The smallest absolute Gasteiger partial charge is 0.310 e. The molecule has 1 aromatic rings. The molecule has 0 aliphatic heterocycles. The lowest BCUT2D eigenvalue weighted by Gasteiger charge is -2.26. The predicted octanol–water partition coefficient (Wildman–Crippen LogP) is 3.66. The summed E-state index contributed by atoms with van der Waals surface area (Å²) in [5.41, 5.74) is 2.18. The molecule has 1 aliphatic carbocycles. The van der Waals surface area contributed by atoms with Gasteiger partial charge in [-0.05, 0) is 43.2 Å². The summed E-state index contributed by atoms with van der Waals surface area (Å²) in [4.78, 5) is 22.3. The number of nitroso groups, excluding NO2 is 1. The van der Waals surface area contributed by atoms with Crippen molar-refractivity contribution >= 4 is 5.97 Å². The van der Waals surface area contributed by atoms with Crippen LogP contribution in [0.2, 0.25) is 0 Å². The number of hydrogen-bond acceptors (Lipinski definition) is 4. The van der Waals surface area contributed by atoms with Gasteiger partial charge in [-0.2, -0.15) is 4.91 Å². The Morgan fingerprint density at radius 2 is 1.86 bits per heavy atom. The van der Waals surface area contributed by atoms with Gasteiger partial charge < -0.3 is 4.74 Å². The maximum Gasteiger partial charge on any atom is 0.310 e. The van der Waals surface area contributed by atoms with Crippen molar-refractivity contribution < 1.29 is 9.53 Å². The van der Waals surface area contributed by atoms with Gasteiger partial charge in [-0.3, -0.25) is 4.79 Å². The van der Waals surface area contributed by atoms with E-state index in [0.29, 0.717) is 18.9 Å². The summed E-state index contributed by atoms with van der Waals surface area (Å²) in [5.74, 6) is 0.176. The number of rotatable bonds is 6. The molecule has 2 atom stereocenters. The van der Waals surface area contributed by atoms with Crippen LogP contribution in [0.3, 0.4) is 0 Å². The highest BCUT2D eigenvalue weighted by Crippen LogP contribution is 2.29. The summed E-state index contributed by atoms with van der Waals surface area (Å²) >= 11 is 0. The largest absolute Gasteiger partial charge is 0.466 e. The van der Waals surface area contributed by atoms with Crippen LogP contribution in [0, 0.1) is 10.8 Å². The molecule has 4 heteroatoms. The van der Waals surface area contributed by atoms with E-state index in [0.717, 1.165) is 31.2 Å². The molecule has 0 amide bonds. The van der Waals surface area contributed by atoms with Crippen LogP contribution in [0.25, 0.3) is 0 Å². The Labute approximate surface area is 125 Å². The molecule has 0 spiro atoms. The highest BCUT2D eigenvalue weighted by molar-refractivity contribution is 5.72. The molecule has 1 fully saturated rings. The van der Waals surface area contributed by atoms with E-state index in [1.807, 2.05) is 31.2 Å². The van der Waals surface area contributed by atoms with Gasteiger partial charge in [0.05, 0.1) is 19.1 Å². The molecule has 114 valence electrons. The summed E-state index contributed by atoms with van der Waals surface area (Å²) in [6.07, 6.45) is 5.53. The molecule has 1 saturated carbocycles. The van der Waals surface area contributed by atoms with E-state index in [4.69, 9.17) is 4.74 Å². The zero-order valence-electron chi connectivity index (χ0n) is 12.6. The molecule has 1 aliphatic rings. The third kappa shape index (κ3) is 4.66. The van der Waals surface area contributed by atoms with Gasteiger partial charge in [-0.25, -0.2) is 0 Å². The molecule has 2 rings (SSSR count). The van der Waals surface area contributed by atoms with Crippen LogP contribution in [0.5, 0.6) is 0 Å². The van der Waals surface area contributed by atoms with Crippen molar-refractivity contribution in [3.05, 3.63) is 40.3 Å². The van der Waals surface area contributed by atoms with Gasteiger partial charge in [0.1, 0.15) is 0 Å². The lowest BCUT2D eigenvalue weighted by molar-refractivity contribution is -0.142. The fourth-order valence-corrected chi connectivity index (χ4v) is 3.04. The Morgan fingerprint density at radius 1 is 1.19 bits per heavy atom. The predicted molar refractivity (Wildman–Crippen MR) is 82.0 cm³/mol. The van der Waals surface area contributed by atoms with Crippen LogP contribution in [0.15, 0.2) is 29.4 Å². The van der Waals surface area contributed by atoms with Gasteiger partial charge in [-0.15, -0.1) is 0 Å². The van der Waals surface area contributed by atoms with Crippen molar-refractivity contribution in [1.29, 1.82) is 0 Å². The highest BCUT2D eigenvalue weighted by atomic mass is 16.5. The van der Waals surface area contributed by atoms with Gasteiger partial charge in [-0.1, -0.05) is 42.3 Å². The maximum atomic E-state index is 11.4. The Morgan fingerprint density at radius 3 is 2.52 bits per heavy atom. The number of hydrogen-bond donors (Lipinski definition) is 0. The summed E-state index contributed by atoms with van der Waals surface area (Å²) in [5, 5.41) is 3.29. The lowest BCUT2D eigenvalue weighted by Crippen LogP contribution is -2.24. The first-order valence-electron chi connectivity index (χ1n) is 7.78. The van der Waals surface area contributed by atoms with Crippen LogP contribution in [0.1, 0.15) is 43.7 Å². The van der Waals surface area contributed by atoms with E-state index in [9.17, 15) is 9.70 Å². The summed E-state index contributed by atoms with van der Waals surface area (Å²) in [7, 11) is 0. The number of carbonyl (C=O) groups excluding carboxylic acids is 1. The van der Waals surface area contributed by atoms with Crippen LogP contribution in [-0.4, -0.2) is 18.6 Å². The van der Waals surface area contributed by atoms with Crippen molar-refractivity contribution in [3.8, 4) is 0 Å². The van der Waals surface area contributed by atoms with Crippen LogP contribution in [-0.2, 0) is 22.4 Å². The quantitative estimate of drug-likeness (QED) is 0.593. The number of esters is 1. The SMILES string of the molecule is CCOC(=O)Cc1ccc(CC2CCCCC2N=O)cc1. The molecule has 21 heavy (non-hydrogen) atoms.